The monoisotopic (exact) mass is 389 g/mol. The van der Waals surface area contributed by atoms with Crippen molar-refractivity contribution in [1.29, 1.82) is 0 Å². The molecule has 0 saturated heterocycles. The molecule has 0 atom stereocenters. The Bertz CT molecular complexity index is 1060. The van der Waals surface area contributed by atoms with E-state index in [9.17, 15) is 22.8 Å². The summed E-state index contributed by atoms with van der Waals surface area (Å²) in [4.78, 5) is 28.6. The SMILES string of the molecule is CCN(Cc1cc(=O)[nH]c2ccccc12)C(=O)Nc1cccc(C(F)(F)F)c1. The number of anilines is 1. The van der Waals surface area contributed by atoms with E-state index < -0.39 is 17.8 Å². The molecule has 0 unspecified atom stereocenters. The number of hydrogen-bond acceptors (Lipinski definition) is 2. The molecule has 5 nitrogen and oxygen atoms in total. The quantitative estimate of drug-likeness (QED) is 0.685. The number of pyridine rings is 1. The van der Waals surface area contributed by atoms with Gasteiger partial charge in [0, 0.05) is 35.7 Å². The molecule has 0 bridgehead atoms. The number of para-hydroxylation sites is 1. The molecule has 0 aliphatic heterocycles. The van der Waals surface area contributed by atoms with Crippen LogP contribution in [0.4, 0.5) is 23.7 Å². The zero-order valence-corrected chi connectivity index (χ0v) is 15.0. The number of aromatic amines is 1. The van der Waals surface area contributed by atoms with Gasteiger partial charge in [0.05, 0.1) is 5.56 Å². The molecule has 28 heavy (non-hydrogen) atoms. The van der Waals surface area contributed by atoms with E-state index in [1.54, 1.807) is 19.1 Å². The number of H-pyrrole nitrogens is 1. The van der Waals surface area contributed by atoms with Crippen molar-refractivity contribution in [2.75, 3.05) is 11.9 Å². The van der Waals surface area contributed by atoms with Gasteiger partial charge >= 0.3 is 12.2 Å². The largest absolute Gasteiger partial charge is 0.416 e. The van der Waals surface area contributed by atoms with Gasteiger partial charge in [-0.2, -0.15) is 13.2 Å². The number of aromatic nitrogens is 1. The van der Waals surface area contributed by atoms with Crippen LogP contribution in [-0.4, -0.2) is 22.5 Å². The minimum atomic E-state index is -4.49. The summed E-state index contributed by atoms with van der Waals surface area (Å²) in [5, 5.41) is 3.29. The summed E-state index contributed by atoms with van der Waals surface area (Å²) in [5.41, 5.74) is 0.228. The summed E-state index contributed by atoms with van der Waals surface area (Å²) in [7, 11) is 0. The second-order valence-electron chi connectivity index (χ2n) is 6.23. The van der Waals surface area contributed by atoms with Crippen LogP contribution in [0.25, 0.3) is 10.9 Å². The van der Waals surface area contributed by atoms with Crippen LogP contribution in [0.1, 0.15) is 18.1 Å². The van der Waals surface area contributed by atoms with Gasteiger partial charge in [0.2, 0.25) is 5.56 Å². The Labute approximate surface area is 158 Å². The van der Waals surface area contributed by atoms with Gasteiger partial charge < -0.3 is 15.2 Å². The molecule has 2 N–H and O–H groups in total. The lowest BCUT2D eigenvalue weighted by atomic mass is 10.1. The molecule has 8 heteroatoms. The summed E-state index contributed by atoms with van der Waals surface area (Å²) < 4.78 is 38.5. The van der Waals surface area contributed by atoms with E-state index in [-0.39, 0.29) is 17.8 Å². The molecule has 146 valence electrons. The van der Waals surface area contributed by atoms with E-state index in [1.165, 1.54) is 23.1 Å². The summed E-state index contributed by atoms with van der Waals surface area (Å²) in [6, 6.07) is 12.5. The summed E-state index contributed by atoms with van der Waals surface area (Å²) in [6.07, 6.45) is -4.49. The van der Waals surface area contributed by atoms with Gasteiger partial charge in [-0.3, -0.25) is 4.79 Å². The van der Waals surface area contributed by atoms with Crippen LogP contribution in [0.3, 0.4) is 0 Å². The maximum absolute atomic E-state index is 12.8. The molecule has 2 amide bonds. The van der Waals surface area contributed by atoms with Gasteiger partial charge in [-0.25, -0.2) is 4.79 Å². The number of halogens is 3. The Hall–Kier alpha value is -3.29. The Morgan fingerprint density at radius 2 is 1.86 bits per heavy atom. The smallest absolute Gasteiger partial charge is 0.322 e. The molecule has 2 aromatic carbocycles. The van der Waals surface area contributed by atoms with Gasteiger partial charge in [0.25, 0.3) is 0 Å². The van der Waals surface area contributed by atoms with Crippen molar-refractivity contribution in [2.24, 2.45) is 0 Å². The van der Waals surface area contributed by atoms with Crippen LogP contribution in [0.5, 0.6) is 0 Å². The molecule has 0 aliphatic rings. The summed E-state index contributed by atoms with van der Waals surface area (Å²) >= 11 is 0. The molecule has 0 spiro atoms. The molecule has 0 fully saturated rings. The third kappa shape index (κ3) is 4.33. The lowest BCUT2D eigenvalue weighted by molar-refractivity contribution is -0.137. The van der Waals surface area contributed by atoms with E-state index in [2.05, 4.69) is 10.3 Å². The number of hydrogen-bond donors (Lipinski definition) is 2. The second kappa shape index (κ2) is 7.75. The van der Waals surface area contributed by atoms with Crippen LogP contribution in [0, 0.1) is 0 Å². The van der Waals surface area contributed by atoms with Gasteiger partial charge in [0.1, 0.15) is 0 Å². The fourth-order valence-electron chi connectivity index (χ4n) is 2.92. The van der Waals surface area contributed by atoms with Crippen LogP contribution < -0.4 is 10.9 Å². The Balaban J connectivity index is 1.83. The maximum Gasteiger partial charge on any atom is 0.416 e. The minimum Gasteiger partial charge on any atom is -0.322 e. The normalized spacial score (nSPS) is 11.4. The number of rotatable bonds is 4. The number of urea groups is 1. The van der Waals surface area contributed by atoms with Crippen LogP contribution in [0.2, 0.25) is 0 Å². The third-order valence-electron chi connectivity index (χ3n) is 4.31. The Morgan fingerprint density at radius 1 is 1.11 bits per heavy atom. The van der Waals surface area contributed by atoms with Crippen LogP contribution in [0.15, 0.2) is 59.4 Å². The number of carbonyl (C=O) groups excluding carboxylic acids is 1. The van der Waals surface area contributed by atoms with E-state index in [1.807, 2.05) is 12.1 Å². The molecule has 3 rings (SSSR count). The number of fused-ring (bicyclic) bond motifs is 1. The molecular formula is C20H18F3N3O2. The van der Waals surface area contributed by atoms with Gasteiger partial charge in [-0.15, -0.1) is 0 Å². The minimum absolute atomic E-state index is 0.0500. The number of benzene rings is 2. The number of alkyl halides is 3. The van der Waals surface area contributed by atoms with Crippen molar-refractivity contribution in [3.8, 4) is 0 Å². The molecule has 3 aromatic rings. The van der Waals surface area contributed by atoms with Crippen molar-refractivity contribution < 1.29 is 18.0 Å². The van der Waals surface area contributed by atoms with Gasteiger partial charge in [-0.05, 0) is 36.8 Å². The van der Waals surface area contributed by atoms with Crippen molar-refractivity contribution in [3.05, 3.63) is 76.1 Å². The topological polar surface area (TPSA) is 65.2 Å². The number of carbonyl (C=O) groups is 1. The number of nitrogens with one attached hydrogen (secondary N) is 2. The second-order valence-corrected chi connectivity index (χ2v) is 6.23. The Kier molecular flexibility index (Phi) is 5.39. The highest BCUT2D eigenvalue weighted by atomic mass is 19.4. The lowest BCUT2D eigenvalue weighted by Crippen LogP contribution is -2.34. The highest BCUT2D eigenvalue weighted by Crippen LogP contribution is 2.30. The summed E-state index contributed by atoms with van der Waals surface area (Å²) in [6.45, 7) is 2.21. The molecular weight excluding hydrogens is 371 g/mol. The van der Waals surface area contributed by atoms with Crippen molar-refractivity contribution >= 4 is 22.6 Å². The molecule has 1 aromatic heterocycles. The van der Waals surface area contributed by atoms with Gasteiger partial charge in [-0.1, -0.05) is 24.3 Å². The first kappa shape index (κ1) is 19.5. The van der Waals surface area contributed by atoms with E-state index >= 15 is 0 Å². The van der Waals surface area contributed by atoms with Crippen molar-refractivity contribution in [1.82, 2.24) is 9.88 Å². The molecule has 0 saturated carbocycles. The van der Waals surface area contributed by atoms with Crippen LogP contribution >= 0.6 is 0 Å². The zero-order valence-electron chi connectivity index (χ0n) is 15.0. The average molecular weight is 389 g/mol. The van der Waals surface area contributed by atoms with E-state index in [0.717, 1.165) is 17.5 Å². The fraction of sp³-hybridized carbons (Fsp3) is 0.200. The lowest BCUT2D eigenvalue weighted by Gasteiger charge is -2.22. The zero-order chi connectivity index (χ0) is 20.3. The van der Waals surface area contributed by atoms with Crippen LogP contribution in [-0.2, 0) is 12.7 Å². The maximum atomic E-state index is 12.8. The third-order valence-corrected chi connectivity index (χ3v) is 4.31. The summed E-state index contributed by atoms with van der Waals surface area (Å²) in [5.74, 6) is 0. The highest BCUT2D eigenvalue weighted by Gasteiger charge is 2.30. The fourth-order valence-corrected chi connectivity index (χ4v) is 2.92. The average Bonchev–Trinajstić information content (AvgIpc) is 2.65. The first-order chi connectivity index (χ1) is 13.3. The number of nitrogens with zero attached hydrogens (tertiary/aromatic N) is 1. The van der Waals surface area contributed by atoms with E-state index in [0.29, 0.717) is 17.6 Å². The predicted octanol–water partition coefficient (Wildman–Crippen LogP) is 4.60. The Morgan fingerprint density at radius 3 is 2.57 bits per heavy atom. The number of amides is 2. The highest BCUT2D eigenvalue weighted by molar-refractivity contribution is 5.90. The molecule has 0 radical (unpaired) electrons. The first-order valence-corrected chi connectivity index (χ1v) is 8.62. The first-order valence-electron chi connectivity index (χ1n) is 8.62. The molecule has 1 heterocycles. The standard InChI is InChI=1S/C20H18F3N3O2/c1-2-26(12-13-10-18(27)25-17-9-4-3-8-16(13)17)19(28)24-15-7-5-6-14(11-15)20(21,22)23/h3-11H,2,12H2,1H3,(H,24,28)(H,25,27). The van der Waals surface area contributed by atoms with Crippen molar-refractivity contribution in [2.45, 2.75) is 19.6 Å². The molecule has 0 aliphatic carbocycles. The van der Waals surface area contributed by atoms with Crippen molar-refractivity contribution in [3.63, 3.8) is 0 Å². The van der Waals surface area contributed by atoms with Gasteiger partial charge in [0.15, 0.2) is 0 Å². The predicted molar refractivity (Wildman–Crippen MR) is 101 cm³/mol. The van der Waals surface area contributed by atoms with E-state index in [4.69, 9.17) is 0 Å².